The maximum atomic E-state index is 5.90. The zero-order valence-corrected chi connectivity index (χ0v) is 18.9. The Hall–Kier alpha value is -1.06. The van der Waals surface area contributed by atoms with Crippen LogP contribution in [0.25, 0.3) is 0 Å². The van der Waals surface area contributed by atoms with Crippen molar-refractivity contribution in [3.8, 4) is 5.75 Å². The first-order chi connectivity index (χ1) is 12.8. The molecule has 7 heteroatoms. The average molecular weight is 491 g/mol. The lowest BCUT2D eigenvalue weighted by molar-refractivity contribution is -0.0318. The Morgan fingerprint density at radius 2 is 1.96 bits per heavy atom. The minimum absolute atomic E-state index is 0. The Labute approximate surface area is 180 Å². The molecular formula is C20H34IN3O3. The first kappa shape index (κ1) is 24.0. The highest BCUT2D eigenvalue weighted by Crippen LogP contribution is 2.10. The van der Waals surface area contributed by atoms with Gasteiger partial charge in [0, 0.05) is 40.0 Å². The Morgan fingerprint density at radius 3 is 2.67 bits per heavy atom. The van der Waals surface area contributed by atoms with Crippen LogP contribution in [0.5, 0.6) is 5.75 Å². The van der Waals surface area contributed by atoms with E-state index in [0.717, 1.165) is 70.4 Å². The van der Waals surface area contributed by atoms with Crippen LogP contribution in [0.3, 0.4) is 0 Å². The molecule has 0 radical (unpaired) electrons. The topological polar surface area (TPSA) is 55.3 Å². The van der Waals surface area contributed by atoms with Crippen LogP contribution in [0.15, 0.2) is 35.3 Å². The number of hydrogen-bond acceptors (Lipinski definition) is 4. The number of likely N-dealkylation sites (N-methyl/N-ethyl adjacent to an activating group) is 1. The van der Waals surface area contributed by atoms with Gasteiger partial charge in [0.25, 0.3) is 0 Å². The van der Waals surface area contributed by atoms with Gasteiger partial charge in [-0.15, -0.1) is 24.0 Å². The number of halogens is 1. The highest BCUT2D eigenvalue weighted by Gasteiger charge is 2.13. The summed E-state index contributed by atoms with van der Waals surface area (Å²) in [6.45, 7) is 7.49. The fourth-order valence-electron chi connectivity index (χ4n) is 2.73. The first-order valence-corrected chi connectivity index (χ1v) is 9.66. The number of nitrogens with one attached hydrogen (secondary N) is 1. The average Bonchev–Trinajstić information content (AvgIpc) is 2.68. The quantitative estimate of drug-likeness (QED) is 0.236. The Kier molecular flexibility index (Phi) is 13.3. The Bertz CT molecular complexity index is 510. The molecule has 1 N–H and O–H groups in total. The van der Waals surface area contributed by atoms with E-state index < -0.39 is 0 Å². The van der Waals surface area contributed by atoms with Crippen molar-refractivity contribution in [1.82, 2.24) is 10.2 Å². The molecule has 0 saturated carbocycles. The van der Waals surface area contributed by atoms with Gasteiger partial charge in [0.2, 0.25) is 0 Å². The normalized spacial score (nSPS) is 15.1. The van der Waals surface area contributed by atoms with E-state index in [1.807, 2.05) is 37.4 Å². The molecule has 1 aliphatic heterocycles. The van der Waals surface area contributed by atoms with Gasteiger partial charge in [-0.3, -0.25) is 4.99 Å². The molecule has 1 aliphatic rings. The molecule has 0 bridgehead atoms. The van der Waals surface area contributed by atoms with Gasteiger partial charge in [-0.1, -0.05) is 18.2 Å². The van der Waals surface area contributed by atoms with E-state index in [9.17, 15) is 0 Å². The summed E-state index contributed by atoms with van der Waals surface area (Å²) in [6, 6.07) is 9.89. The lowest BCUT2D eigenvalue weighted by Crippen LogP contribution is -2.41. The predicted octanol–water partition coefficient (Wildman–Crippen LogP) is 3.17. The van der Waals surface area contributed by atoms with E-state index in [2.05, 4.69) is 17.1 Å². The van der Waals surface area contributed by atoms with Crippen LogP contribution in [0.2, 0.25) is 0 Å². The molecule has 0 spiro atoms. The second-order valence-electron chi connectivity index (χ2n) is 6.35. The number of guanidine groups is 1. The summed E-state index contributed by atoms with van der Waals surface area (Å²) in [6.07, 6.45) is 3.31. The van der Waals surface area contributed by atoms with E-state index in [1.165, 1.54) is 0 Å². The summed E-state index contributed by atoms with van der Waals surface area (Å²) in [7, 11) is 2.04. The number of aliphatic imine (C=N–C) groups is 1. The largest absolute Gasteiger partial charge is 0.492 e. The van der Waals surface area contributed by atoms with Crippen molar-refractivity contribution in [2.75, 3.05) is 53.1 Å². The maximum Gasteiger partial charge on any atom is 0.193 e. The highest BCUT2D eigenvalue weighted by molar-refractivity contribution is 14.0. The summed E-state index contributed by atoms with van der Waals surface area (Å²) >= 11 is 0. The van der Waals surface area contributed by atoms with E-state index in [4.69, 9.17) is 19.2 Å². The molecule has 2 rings (SSSR count). The number of hydrogen-bond donors (Lipinski definition) is 1. The van der Waals surface area contributed by atoms with Crippen molar-refractivity contribution in [3.63, 3.8) is 0 Å². The number of para-hydroxylation sites is 1. The summed E-state index contributed by atoms with van der Waals surface area (Å²) in [5, 5.41) is 3.33. The molecule has 1 fully saturated rings. The number of nitrogens with zero attached hydrogens (tertiary/aromatic N) is 2. The van der Waals surface area contributed by atoms with Gasteiger partial charge in [-0.05, 0) is 38.3 Å². The van der Waals surface area contributed by atoms with Crippen molar-refractivity contribution in [2.24, 2.45) is 4.99 Å². The van der Waals surface area contributed by atoms with Crippen LogP contribution >= 0.6 is 24.0 Å². The Morgan fingerprint density at radius 1 is 1.22 bits per heavy atom. The van der Waals surface area contributed by atoms with Gasteiger partial charge in [-0.25, -0.2) is 0 Å². The monoisotopic (exact) mass is 491 g/mol. The Balaban J connectivity index is 0.00000364. The SMILES string of the molecule is CCNC(=NCCCOC1CCOCC1)N(C)CCOc1ccccc1.I. The molecule has 6 nitrogen and oxygen atoms in total. The zero-order valence-electron chi connectivity index (χ0n) is 16.6. The van der Waals surface area contributed by atoms with Crippen molar-refractivity contribution >= 4 is 29.9 Å². The van der Waals surface area contributed by atoms with E-state index in [0.29, 0.717) is 12.7 Å². The summed E-state index contributed by atoms with van der Waals surface area (Å²) in [5.41, 5.74) is 0. The fraction of sp³-hybridized carbons (Fsp3) is 0.650. The molecule has 1 heterocycles. The van der Waals surface area contributed by atoms with Gasteiger partial charge in [0.05, 0.1) is 12.6 Å². The van der Waals surface area contributed by atoms with Crippen LogP contribution in [0.1, 0.15) is 26.2 Å². The molecule has 1 saturated heterocycles. The van der Waals surface area contributed by atoms with Gasteiger partial charge < -0.3 is 24.4 Å². The number of ether oxygens (including phenoxy) is 3. The molecule has 1 aromatic rings. The lowest BCUT2D eigenvalue weighted by atomic mass is 10.1. The maximum absolute atomic E-state index is 5.90. The van der Waals surface area contributed by atoms with Crippen LogP contribution in [-0.2, 0) is 9.47 Å². The van der Waals surface area contributed by atoms with Crippen molar-refractivity contribution < 1.29 is 14.2 Å². The minimum atomic E-state index is 0. The summed E-state index contributed by atoms with van der Waals surface area (Å²) in [5.74, 6) is 1.81. The van der Waals surface area contributed by atoms with Crippen LogP contribution in [-0.4, -0.2) is 70.1 Å². The summed E-state index contributed by atoms with van der Waals surface area (Å²) in [4.78, 5) is 6.80. The molecule has 0 aromatic heterocycles. The van der Waals surface area contributed by atoms with Crippen LogP contribution in [0, 0.1) is 0 Å². The third-order valence-electron chi connectivity index (χ3n) is 4.22. The van der Waals surface area contributed by atoms with Gasteiger partial charge in [0.1, 0.15) is 12.4 Å². The van der Waals surface area contributed by atoms with Crippen molar-refractivity contribution in [2.45, 2.75) is 32.3 Å². The standard InChI is InChI=1S/C20H33N3O3.HI/c1-3-21-20(22-12-7-14-25-19-10-15-24-16-11-19)23(2)13-17-26-18-8-5-4-6-9-18;/h4-6,8-9,19H,3,7,10-17H2,1-2H3,(H,21,22);1H. The third kappa shape index (κ3) is 10.2. The molecule has 27 heavy (non-hydrogen) atoms. The second kappa shape index (κ2) is 14.9. The van der Waals surface area contributed by atoms with E-state index in [-0.39, 0.29) is 24.0 Å². The lowest BCUT2D eigenvalue weighted by Gasteiger charge is -2.23. The molecule has 154 valence electrons. The minimum Gasteiger partial charge on any atom is -0.492 e. The molecule has 0 atom stereocenters. The third-order valence-corrected chi connectivity index (χ3v) is 4.22. The van der Waals surface area contributed by atoms with E-state index in [1.54, 1.807) is 0 Å². The van der Waals surface area contributed by atoms with Crippen molar-refractivity contribution in [3.05, 3.63) is 30.3 Å². The van der Waals surface area contributed by atoms with Crippen molar-refractivity contribution in [1.29, 1.82) is 0 Å². The van der Waals surface area contributed by atoms with Crippen LogP contribution in [0.4, 0.5) is 0 Å². The van der Waals surface area contributed by atoms with E-state index >= 15 is 0 Å². The smallest absolute Gasteiger partial charge is 0.193 e. The molecule has 1 aromatic carbocycles. The molecule has 0 amide bonds. The fourth-order valence-corrected chi connectivity index (χ4v) is 2.73. The number of benzene rings is 1. The molecule has 0 aliphatic carbocycles. The predicted molar refractivity (Wildman–Crippen MR) is 120 cm³/mol. The second-order valence-corrected chi connectivity index (χ2v) is 6.35. The molecular weight excluding hydrogens is 457 g/mol. The molecule has 0 unspecified atom stereocenters. The van der Waals surface area contributed by atoms with Gasteiger partial charge in [-0.2, -0.15) is 0 Å². The summed E-state index contributed by atoms with van der Waals surface area (Å²) < 4.78 is 17.0. The van der Waals surface area contributed by atoms with Gasteiger partial charge >= 0.3 is 0 Å². The van der Waals surface area contributed by atoms with Crippen LogP contribution < -0.4 is 10.1 Å². The van der Waals surface area contributed by atoms with Gasteiger partial charge in [0.15, 0.2) is 5.96 Å². The number of rotatable bonds is 10. The highest BCUT2D eigenvalue weighted by atomic mass is 127. The first-order valence-electron chi connectivity index (χ1n) is 9.66. The zero-order chi connectivity index (χ0) is 18.5.